The van der Waals surface area contributed by atoms with E-state index >= 15 is 0 Å². The number of nitrogens with zero attached hydrogens (tertiary/aromatic N) is 2. The molecule has 34 heavy (non-hydrogen) atoms. The molecule has 1 fully saturated rings. The highest BCUT2D eigenvalue weighted by Gasteiger charge is 2.38. The van der Waals surface area contributed by atoms with Gasteiger partial charge in [-0.15, -0.1) is 0 Å². The molecule has 1 aliphatic rings. The smallest absolute Gasteiger partial charge is 0.251 e. The number of hydrogen-bond donors (Lipinski definition) is 2. The van der Waals surface area contributed by atoms with Crippen molar-refractivity contribution in [3.8, 4) is 0 Å². The SMILES string of the molecule is COC1(OC)CCN(c2cc(C=O)cc(C(=O)NCCCNCc3cncc(C(C)C)c3)c2)C1. The van der Waals surface area contributed by atoms with Crippen LogP contribution in [0.25, 0.3) is 0 Å². The summed E-state index contributed by atoms with van der Waals surface area (Å²) in [5, 5.41) is 6.35. The van der Waals surface area contributed by atoms with Crippen LogP contribution in [0, 0.1) is 0 Å². The minimum absolute atomic E-state index is 0.192. The summed E-state index contributed by atoms with van der Waals surface area (Å²) in [4.78, 5) is 30.6. The Bertz CT molecular complexity index is 975. The van der Waals surface area contributed by atoms with Crippen LogP contribution in [0.3, 0.4) is 0 Å². The van der Waals surface area contributed by atoms with E-state index in [9.17, 15) is 9.59 Å². The van der Waals surface area contributed by atoms with Gasteiger partial charge in [-0.05, 0) is 48.2 Å². The molecule has 8 heteroatoms. The van der Waals surface area contributed by atoms with Crippen molar-refractivity contribution in [3.05, 3.63) is 58.9 Å². The van der Waals surface area contributed by atoms with Crippen molar-refractivity contribution in [3.63, 3.8) is 0 Å². The summed E-state index contributed by atoms with van der Waals surface area (Å²) in [6, 6.07) is 7.40. The number of methoxy groups -OCH3 is 2. The topological polar surface area (TPSA) is 92.8 Å². The molecule has 184 valence electrons. The lowest BCUT2D eigenvalue weighted by molar-refractivity contribution is -0.189. The number of benzene rings is 1. The summed E-state index contributed by atoms with van der Waals surface area (Å²) < 4.78 is 11.1. The molecule has 8 nitrogen and oxygen atoms in total. The van der Waals surface area contributed by atoms with Gasteiger partial charge < -0.3 is 25.0 Å². The molecule has 0 atom stereocenters. The Balaban J connectivity index is 1.49. The van der Waals surface area contributed by atoms with Crippen LogP contribution in [0.15, 0.2) is 36.7 Å². The molecule has 1 saturated heterocycles. The molecule has 1 aromatic carbocycles. The van der Waals surface area contributed by atoms with Crippen LogP contribution in [0.5, 0.6) is 0 Å². The van der Waals surface area contributed by atoms with E-state index in [2.05, 4.69) is 40.4 Å². The zero-order valence-electron chi connectivity index (χ0n) is 20.6. The van der Waals surface area contributed by atoms with Gasteiger partial charge >= 0.3 is 0 Å². The van der Waals surface area contributed by atoms with Gasteiger partial charge in [-0.1, -0.05) is 19.9 Å². The Hall–Kier alpha value is -2.81. The lowest BCUT2D eigenvalue weighted by Gasteiger charge is -2.27. The van der Waals surface area contributed by atoms with E-state index in [1.807, 2.05) is 18.5 Å². The average Bonchev–Trinajstić information content (AvgIpc) is 3.31. The van der Waals surface area contributed by atoms with Gasteiger partial charge in [0.25, 0.3) is 5.91 Å². The monoisotopic (exact) mass is 468 g/mol. The molecular formula is C26H36N4O4. The summed E-state index contributed by atoms with van der Waals surface area (Å²) in [7, 11) is 3.25. The van der Waals surface area contributed by atoms with Crippen LogP contribution >= 0.6 is 0 Å². The van der Waals surface area contributed by atoms with Gasteiger partial charge in [-0.25, -0.2) is 0 Å². The molecule has 2 heterocycles. The molecule has 1 aliphatic heterocycles. The first-order chi connectivity index (χ1) is 16.4. The fourth-order valence-electron chi connectivity index (χ4n) is 4.08. The minimum atomic E-state index is -0.668. The summed E-state index contributed by atoms with van der Waals surface area (Å²) in [5.74, 6) is -0.407. The van der Waals surface area contributed by atoms with Crippen molar-refractivity contribution in [2.24, 2.45) is 0 Å². The van der Waals surface area contributed by atoms with E-state index in [4.69, 9.17) is 9.47 Å². The van der Waals surface area contributed by atoms with Crippen molar-refractivity contribution >= 4 is 17.9 Å². The highest BCUT2D eigenvalue weighted by molar-refractivity contribution is 5.97. The lowest BCUT2D eigenvalue weighted by Crippen LogP contribution is -2.37. The highest BCUT2D eigenvalue weighted by Crippen LogP contribution is 2.30. The molecule has 3 rings (SSSR count). The zero-order chi connectivity index (χ0) is 24.6. The number of pyridine rings is 1. The fraction of sp³-hybridized carbons (Fsp3) is 0.500. The summed E-state index contributed by atoms with van der Waals surface area (Å²) in [6.07, 6.45) is 6.05. The Morgan fingerprint density at radius 2 is 1.97 bits per heavy atom. The molecule has 0 unspecified atom stereocenters. The number of aromatic nitrogens is 1. The third-order valence-corrected chi connectivity index (χ3v) is 6.27. The van der Waals surface area contributed by atoms with Crippen molar-refractivity contribution in [1.29, 1.82) is 0 Å². The molecule has 0 radical (unpaired) electrons. The second-order valence-corrected chi connectivity index (χ2v) is 8.99. The van der Waals surface area contributed by atoms with E-state index in [1.54, 1.807) is 26.4 Å². The molecule has 0 bridgehead atoms. The van der Waals surface area contributed by atoms with E-state index in [1.165, 1.54) is 5.56 Å². The summed E-state index contributed by atoms with van der Waals surface area (Å²) >= 11 is 0. The Kier molecular flexibility index (Phi) is 9.15. The molecule has 2 aromatic rings. The standard InChI is InChI=1S/C26H36N4O4/c1-19(2)23-11-21(15-28-16-23)14-27-7-5-8-29-25(32)22-10-20(17-31)12-24(13-22)30-9-6-26(18-30,33-3)34-4/h10-13,15-17,19,27H,5-9,14,18H2,1-4H3,(H,29,32). The van der Waals surface area contributed by atoms with Crippen LogP contribution < -0.4 is 15.5 Å². The number of anilines is 1. The number of rotatable bonds is 12. The van der Waals surface area contributed by atoms with E-state index < -0.39 is 5.79 Å². The number of hydrogen-bond acceptors (Lipinski definition) is 7. The van der Waals surface area contributed by atoms with Gasteiger partial charge in [0.1, 0.15) is 6.29 Å². The Morgan fingerprint density at radius 1 is 1.18 bits per heavy atom. The number of ether oxygens (including phenoxy) is 2. The molecule has 0 spiro atoms. The van der Waals surface area contributed by atoms with Gasteiger partial charge in [0.2, 0.25) is 0 Å². The van der Waals surface area contributed by atoms with Crippen molar-refractivity contribution < 1.29 is 19.1 Å². The van der Waals surface area contributed by atoms with Crippen LogP contribution in [-0.4, -0.2) is 63.4 Å². The number of amides is 1. The predicted octanol–water partition coefficient (Wildman–Crippen LogP) is 3.13. The molecular weight excluding hydrogens is 432 g/mol. The quantitative estimate of drug-likeness (QED) is 0.281. The van der Waals surface area contributed by atoms with Crippen molar-refractivity contribution in [2.75, 3.05) is 45.3 Å². The summed E-state index contributed by atoms with van der Waals surface area (Å²) in [5.41, 5.74) is 4.13. The Labute approximate surface area is 202 Å². The van der Waals surface area contributed by atoms with E-state index in [0.29, 0.717) is 43.1 Å². The predicted molar refractivity (Wildman–Crippen MR) is 132 cm³/mol. The first-order valence-corrected chi connectivity index (χ1v) is 11.8. The van der Waals surface area contributed by atoms with E-state index in [-0.39, 0.29) is 5.91 Å². The van der Waals surface area contributed by atoms with Gasteiger partial charge in [-0.3, -0.25) is 14.6 Å². The maximum atomic E-state index is 12.8. The lowest BCUT2D eigenvalue weighted by atomic mass is 10.0. The average molecular weight is 469 g/mol. The number of carbonyl (C=O) groups is 2. The first kappa shape index (κ1) is 25.8. The number of nitrogens with one attached hydrogen (secondary N) is 2. The largest absolute Gasteiger partial charge is 0.366 e. The van der Waals surface area contributed by atoms with Gasteiger partial charge in [0.15, 0.2) is 5.79 Å². The third kappa shape index (κ3) is 6.62. The van der Waals surface area contributed by atoms with Gasteiger partial charge in [0, 0.05) is 69.5 Å². The number of carbonyl (C=O) groups excluding carboxylic acids is 2. The molecule has 2 N–H and O–H groups in total. The van der Waals surface area contributed by atoms with Crippen molar-refractivity contribution in [1.82, 2.24) is 15.6 Å². The normalized spacial score (nSPS) is 15.0. The molecule has 1 aromatic heterocycles. The van der Waals surface area contributed by atoms with Gasteiger partial charge in [-0.2, -0.15) is 0 Å². The van der Waals surface area contributed by atoms with Gasteiger partial charge in [0.05, 0.1) is 6.54 Å². The summed E-state index contributed by atoms with van der Waals surface area (Å²) in [6.45, 7) is 7.61. The minimum Gasteiger partial charge on any atom is -0.366 e. The van der Waals surface area contributed by atoms with Crippen LogP contribution in [0.2, 0.25) is 0 Å². The molecule has 1 amide bonds. The maximum absolute atomic E-state index is 12.8. The maximum Gasteiger partial charge on any atom is 0.251 e. The van der Waals surface area contributed by atoms with Crippen LogP contribution in [0.4, 0.5) is 5.69 Å². The second kappa shape index (κ2) is 12.1. The highest BCUT2D eigenvalue weighted by atomic mass is 16.7. The second-order valence-electron chi connectivity index (χ2n) is 8.99. The van der Waals surface area contributed by atoms with Crippen LogP contribution in [0.1, 0.15) is 64.4 Å². The van der Waals surface area contributed by atoms with Crippen molar-refractivity contribution in [2.45, 2.75) is 44.9 Å². The third-order valence-electron chi connectivity index (χ3n) is 6.27. The molecule has 0 aliphatic carbocycles. The fourth-order valence-corrected chi connectivity index (χ4v) is 4.08. The van der Waals surface area contributed by atoms with Crippen LogP contribution in [-0.2, 0) is 16.0 Å². The van der Waals surface area contributed by atoms with E-state index in [0.717, 1.165) is 37.0 Å². The molecule has 0 saturated carbocycles. The Morgan fingerprint density at radius 3 is 2.65 bits per heavy atom. The zero-order valence-corrected chi connectivity index (χ0v) is 20.6. The number of aldehydes is 1. The first-order valence-electron chi connectivity index (χ1n) is 11.8.